The topological polar surface area (TPSA) is 30.3 Å². The second kappa shape index (κ2) is 6.22. The molecule has 1 saturated heterocycles. The van der Waals surface area contributed by atoms with Gasteiger partial charge < -0.3 is 9.80 Å². The average Bonchev–Trinajstić information content (AvgIpc) is 2.96. The maximum absolute atomic E-state index is 8.57. The standard InChI is InChI=1S/C19H23N3/c1-15(17-9-5-3-6-10-17)21-13-14-22(19(21)20)16(2)18-11-7-4-8-12-18/h3-12,15-16,20H,13-14H2,1-2H3/t15-,16-/m1/s1. The van der Waals surface area contributed by atoms with E-state index >= 15 is 0 Å². The van der Waals surface area contributed by atoms with Crippen LogP contribution in [0.5, 0.6) is 0 Å². The number of guanidine groups is 1. The van der Waals surface area contributed by atoms with Gasteiger partial charge in [0.15, 0.2) is 5.96 Å². The molecule has 0 radical (unpaired) electrons. The van der Waals surface area contributed by atoms with E-state index in [1.807, 2.05) is 12.1 Å². The van der Waals surface area contributed by atoms with Crippen molar-refractivity contribution < 1.29 is 0 Å². The molecule has 0 amide bonds. The molecule has 0 unspecified atom stereocenters. The van der Waals surface area contributed by atoms with Gasteiger partial charge in [-0.1, -0.05) is 60.7 Å². The van der Waals surface area contributed by atoms with Crippen molar-refractivity contribution in [1.29, 1.82) is 5.41 Å². The SMILES string of the molecule is C[C@H](c1ccccc1)N1CCN([C@H](C)c2ccccc2)C1=N. The van der Waals surface area contributed by atoms with Crippen LogP contribution in [0, 0.1) is 5.41 Å². The van der Waals surface area contributed by atoms with Gasteiger partial charge in [0.2, 0.25) is 0 Å². The zero-order valence-electron chi connectivity index (χ0n) is 13.2. The molecule has 1 fully saturated rings. The zero-order valence-corrected chi connectivity index (χ0v) is 13.2. The number of hydrogen-bond donors (Lipinski definition) is 1. The fourth-order valence-corrected chi connectivity index (χ4v) is 3.17. The monoisotopic (exact) mass is 293 g/mol. The van der Waals surface area contributed by atoms with E-state index in [4.69, 9.17) is 5.41 Å². The Balaban J connectivity index is 1.75. The Kier molecular flexibility index (Phi) is 4.14. The smallest absolute Gasteiger partial charge is 0.194 e. The Hall–Kier alpha value is -2.29. The number of nitrogens with one attached hydrogen (secondary N) is 1. The van der Waals surface area contributed by atoms with Crippen molar-refractivity contribution in [3.05, 3.63) is 71.8 Å². The van der Waals surface area contributed by atoms with Gasteiger partial charge in [-0.2, -0.15) is 0 Å². The van der Waals surface area contributed by atoms with E-state index in [0.717, 1.165) is 13.1 Å². The minimum atomic E-state index is 0.238. The predicted octanol–water partition coefficient (Wildman–Crippen LogP) is 4.06. The summed E-state index contributed by atoms with van der Waals surface area (Å²) in [5.41, 5.74) is 2.53. The summed E-state index contributed by atoms with van der Waals surface area (Å²) in [5, 5.41) is 8.57. The van der Waals surface area contributed by atoms with Crippen LogP contribution in [0.1, 0.15) is 37.1 Å². The normalized spacial score (nSPS) is 17.6. The van der Waals surface area contributed by atoms with Crippen LogP contribution in [0.15, 0.2) is 60.7 Å². The van der Waals surface area contributed by atoms with Gasteiger partial charge in [-0.25, -0.2) is 0 Å². The van der Waals surface area contributed by atoms with Crippen LogP contribution in [0.3, 0.4) is 0 Å². The molecule has 0 aliphatic carbocycles. The molecule has 2 aromatic rings. The molecule has 1 N–H and O–H groups in total. The highest BCUT2D eigenvalue weighted by molar-refractivity contribution is 5.80. The zero-order chi connectivity index (χ0) is 15.5. The number of rotatable bonds is 4. The molecule has 2 atom stereocenters. The summed E-state index contributed by atoms with van der Waals surface area (Å²) < 4.78 is 0. The van der Waals surface area contributed by atoms with Gasteiger partial charge in [-0.05, 0) is 25.0 Å². The molecule has 1 aliphatic heterocycles. The van der Waals surface area contributed by atoms with E-state index in [1.165, 1.54) is 11.1 Å². The highest BCUT2D eigenvalue weighted by Gasteiger charge is 2.32. The van der Waals surface area contributed by atoms with Crippen LogP contribution < -0.4 is 0 Å². The van der Waals surface area contributed by atoms with E-state index in [1.54, 1.807) is 0 Å². The molecule has 3 heteroatoms. The van der Waals surface area contributed by atoms with E-state index in [9.17, 15) is 0 Å². The third kappa shape index (κ3) is 2.71. The molecule has 114 valence electrons. The lowest BCUT2D eigenvalue weighted by molar-refractivity contribution is 0.358. The highest BCUT2D eigenvalue weighted by Crippen LogP contribution is 2.29. The first kappa shape index (κ1) is 14.6. The molecular formula is C19H23N3. The van der Waals surface area contributed by atoms with Crippen molar-refractivity contribution in [3.63, 3.8) is 0 Å². The number of hydrogen-bond acceptors (Lipinski definition) is 1. The first-order chi connectivity index (χ1) is 10.7. The molecule has 3 nitrogen and oxygen atoms in total. The Labute approximate surface area is 132 Å². The summed E-state index contributed by atoms with van der Waals surface area (Å²) in [6.45, 7) is 6.18. The van der Waals surface area contributed by atoms with Gasteiger partial charge in [0.25, 0.3) is 0 Å². The maximum Gasteiger partial charge on any atom is 0.194 e. The third-order valence-electron chi connectivity index (χ3n) is 4.62. The quantitative estimate of drug-likeness (QED) is 0.921. The Morgan fingerprint density at radius 1 is 0.727 bits per heavy atom. The molecule has 0 aromatic heterocycles. The lowest BCUT2D eigenvalue weighted by Gasteiger charge is -2.30. The van der Waals surface area contributed by atoms with Crippen molar-refractivity contribution in [3.8, 4) is 0 Å². The molecule has 0 bridgehead atoms. The van der Waals surface area contributed by atoms with Crippen LogP contribution in [0.25, 0.3) is 0 Å². The van der Waals surface area contributed by atoms with Crippen molar-refractivity contribution >= 4 is 5.96 Å². The van der Waals surface area contributed by atoms with E-state index in [0.29, 0.717) is 5.96 Å². The third-order valence-corrected chi connectivity index (χ3v) is 4.62. The summed E-state index contributed by atoms with van der Waals surface area (Å²) in [5.74, 6) is 0.632. The molecule has 2 aromatic carbocycles. The first-order valence-electron chi connectivity index (χ1n) is 7.90. The lowest BCUT2D eigenvalue weighted by atomic mass is 10.1. The van der Waals surface area contributed by atoms with Crippen LogP contribution in [-0.2, 0) is 0 Å². The number of benzene rings is 2. The van der Waals surface area contributed by atoms with Gasteiger partial charge in [0.05, 0.1) is 12.1 Å². The maximum atomic E-state index is 8.57. The Morgan fingerprint density at radius 2 is 1.09 bits per heavy atom. The second-order valence-corrected chi connectivity index (χ2v) is 5.88. The number of nitrogens with zero attached hydrogens (tertiary/aromatic N) is 2. The Morgan fingerprint density at radius 3 is 1.45 bits per heavy atom. The van der Waals surface area contributed by atoms with E-state index < -0.39 is 0 Å². The van der Waals surface area contributed by atoms with Crippen LogP contribution in [-0.4, -0.2) is 28.8 Å². The van der Waals surface area contributed by atoms with Gasteiger partial charge in [0.1, 0.15) is 0 Å². The molecule has 1 heterocycles. The van der Waals surface area contributed by atoms with E-state index in [2.05, 4.69) is 72.2 Å². The van der Waals surface area contributed by atoms with Crippen molar-refractivity contribution in [1.82, 2.24) is 9.80 Å². The minimum absolute atomic E-state index is 0.238. The van der Waals surface area contributed by atoms with Gasteiger partial charge in [0, 0.05) is 13.1 Å². The second-order valence-electron chi connectivity index (χ2n) is 5.88. The summed E-state index contributed by atoms with van der Waals surface area (Å²) in [6.07, 6.45) is 0. The molecule has 0 saturated carbocycles. The fraction of sp³-hybridized carbons (Fsp3) is 0.316. The predicted molar refractivity (Wildman–Crippen MR) is 90.9 cm³/mol. The van der Waals surface area contributed by atoms with Gasteiger partial charge >= 0.3 is 0 Å². The fourth-order valence-electron chi connectivity index (χ4n) is 3.17. The first-order valence-corrected chi connectivity index (χ1v) is 7.90. The van der Waals surface area contributed by atoms with Crippen molar-refractivity contribution in [2.24, 2.45) is 0 Å². The molecule has 22 heavy (non-hydrogen) atoms. The summed E-state index contributed by atoms with van der Waals surface area (Å²) in [4.78, 5) is 4.38. The van der Waals surface area contributed by atoms with Crippen LogP contribution in [0.2, 0.25) is 0 Å². The summed E-state index contributed by atoms with van der Waals surface area (Å²) in [6, 6.07) is 21.4. The average molecular weight is 293 g/mol. The highest BCUT2D eigenvalue weighted by atomic mass is 15.4. The van der Waals surface area contributed by atoms with Crippen LogP contribution >= 0.6 is 0 Å². The molecule has 0 spiro atoms. The molecule has 1 aliphatic rings. The van der Waals surface area contributed by atoms with Crippen molar-refractivity contribution in [2.75, 3.05) is 13.1 Å². The van der Waals surface area contributed by atoms with Crippen molar-refractivity contribution in [2.45, 2.75) is 25.9 Å². The largest absolute Gasteiger partial charge is 0.334 e. The molecule has 3 rings (SSSR count). The molecular weight excluding hydrogens is 270 g/mol. The summed E-state index contributed by atoms with van der Waals surface area (Å²) in [7, 11) is 0. The summed E-state index contributed by atoms with van der Waals surface area (Å²) >= 11 is 0. The lowest BCUT2D eigenvalue weighted by Crippen LogP contribution is -2.35. The minimum Gasteiger partial charge on any atom is -0.334 e. The van der Waals surface area contributed by atoms with Gasteiger partial charge in [-0.15, -0.1) is 0 Å². The van der Waals surface area contributed by atoms with E-state index in [-0.39, 0.29) is 12.1 Å². The van der Waals surface area contributed by atoms with Crippen LogP contribution in [0.4, 0.5) is 0 Å². The Bertz CT molecular complexity index is 568. The van der Waals surface area contributed by atoms with Gasteiger partial charge in [-0.3, -0.25) is 5.41 Å².